The predicted molar refractivity (Wildman–Crippen MR) is 84.9 cm³/mol. The van der Waals surface area contributed by atoms with Crippen molar-refractivity contribution in [3.05, 3.63) is 68.6 Å². The molecule has 4 heteroatoms. The summed E-state index contributed by atoms with van der Waals surface area (Å²) in [5, 5.41) is 4.19. The maximum absolute atomic E-state index is 11.8. The lowest BCUT2D eigenvalue weighted by Gasteiger charge is -2.10. The van der Waals surface area contributed by atoms with Crippen LogP contribution < -0.4 is 10.9 Å². The van der Waals surface area contributed by atoms with Gasteiger partial charge in [-0.2, -0.15) is 0 Å². The largest absolute Gasteiger partial charge is 0.422 e. The van der Waals surface area contributed by atoms with Crippen LogP contribution in [0.4, 0.5) is 11.4 Å². The monoisotopic (exact) mass is 363 g/mol. The van der Waals surface area contributed by atoms with E-state index in [1.807, 2.05) is 71.1 Å². The average molecular weight is 363 g/mol. The number of rotatable bonds is 2. The summed E-state index contributed by atoms with van der Waals surface area (Å²) in [4.78, 5) is 11.8. The second-order valence-electron chi connectivity index (χ2n) is 4.07. The van der Waals surface area contributed by atoms with Gasteiger partial charge in [0.05, 0.1) is 5.69 Å². The molecule has 0 aliphatic rings. The Bertz CT molecular complexity index is 781. The Hall–Kier alpha value is -1.82. The third-order valence-electron chi connectivity index (χ3n) is 2.80. The number of halogens is 1. The van der Waals surface area contributed by atoms with E-state index >= 15 is 0 Å². The van der Waals surface area contributed by atoms with Gasteiger partial charge in [0.2, 0.25) is 0 Å². The number of para-hydroxylation sites is 2. The molecule has 1 aromatic heterocycles. The van der Waals surface area contributed by atoms with Gasteiger partial charge in [0.15, 0.2) is 0 Å². The molecule has 0 spiro atoms. The summed E-state index contributed by atoms with van der Waals surface area (Å²) < 4.78 is 5.82. The molecule has 0 saturated heterocycles. The maximum atomic E-state index is 11.8. The molecular formula is C15H10INO2. The van der Waals surface area contributed by atoms with E-state index in [-0.39, 0.29) is 5.63 Å². The summed E-state index contributed by atoms with van der Waals surface area (Å²) >= 11 is 2.01. The van der Waals surface area contributed by atoms with E-state index in [4.69, 9.17) is 4.42 Å². The van der Waals surface area contributed by atoms with Crippen LogP contribution in [0.3, 0.4) is 0 Å². The highest BCUT2D eigenvalue weighted by Crippen LogP contribution is 2.28. The van der Waals surface area contributed by atoms with Crippen LogP contribution in [0.5, 0.6) is 0 Å². The molecular weight excluding hydrogens is 353 g/mol. The van der Waals surface area contributed by atoms with Crippen LogP contribution in [0.2, 0.25) is 0 Å². The van der Waals surface area contributed by atoms with Crippen molar-refractivity contribution in [1.82, 2.24) is 0 Å². The number of anilines is 2. The fraction of sp³-hybridized carbons (Fsp3) is 0. The lowest BCUT2D eigenvalue weighted by molar-refractivity contribution is 0.557. The summed E-state index contributed by atoms with van der Waals surface area (Å²) in [5.74, 6) is 0. The van der Waals surface area contributed by atoms with Crippen molar-refractivity contribution in [3.8, 4) is 0 Å². The summed E-state index contributed by atoms with van der Waals surface area (Å²) in [7, 11) is 0. The van der Waals surface area contributed by atoms with Gasteiger partial charge in [-0.25, -0.2) is 4.79 Å². The van der Waals surface area contributed by atoms with E-state index in [2.05, 4.69) is 5.32 Å². The minimum absolute atomic E-state index is 0.322. The van der Waals surface area contributed by atoms with Gasteiger partial charge < -0.3 is 9.73 Å². The van der Waals surface area contributed by atoms with E-state index in [1.165, 1.54) is 0 Å². The van der Waals surface area contributed by atoms with Crippen molar-refractivity contribution in [2.75, 3.05) is 5.32 Å². The molecule has 3 rings (SSSR count). The normalized spacial score (nSPS) is 10.6. The zero-order valence-corrected chi connectivity index (χ0v) is 12.0. The molecule has 1 N–H and O–H groups in total. The van der Waals surface area contributed by atoms with Gasteiger partial charge in [0.25, 0.3) is 0 Å². The number of hydrogen-bond acceptors (Lipinski definition) is 3. The number of benzene rings is 2. The second kappa shape index (κ2) is 5.05. The van der Waals surface area contributed by atoms with Gasteiger partial charge in [-0.15, -0.1) is 0 Å². The van der Waals surface area contributed by atoms with Crippen molar-refractivity contribution < 1.29 is 4.42 Å². The molecule has 0 bridgehead atoms. The molecule has 0 unspecified atom stereocenters. The molecule has 1 heterocycles. The first kappa shape index (κ1) is 12.2. The van der Waals surface area contributed by atoms with E-state index in [0.29, 0.717) is 9.15 Å². The Labute approximate surface area is 123 Å². The summed E-state index contributed by atoms with van der Waals surface area (Å²) in [6, 6.07) is 17.3. The Morgan fingerprint density at radius 3 is 2.42 bits per heavy atom. The van der Waals surface area contributed by atoms with Crippen molar-refractivity contribution in [3.63, 3.8) is 0 Å². The van der Waals surface area contributed by atoms with Crippen LogP contribution >= 0.6 is 22.6 Å². The number of nitrogens with one attached hydrogen (secondary N) is 1. The van der Waals surface area contributed by atoms with E-state index < -0.39 is 0 Å². The van der Waals surface area contributed by atoms with E-state index in [1.54, 1.807) is 6.07 Å². The Morgan fingerprint density at radius 2 is 1.63 bits per heavy atom. The third kappa shape index (κ3) is 2.35. The molecule has 0 fully saturated rings. The minimum atomic E-state index is -0.322. The van der Waals surface area contributed by atoms with Gasteiger partial charge in [-0.3, -0.25) is 0 Å². The standard InChI is InChI=1S/C15H10INO2/c16-13-14(17-10-6-2-1-3-7-10)11-8-4-5-9-12(11)19-15(13)18/h1-9,17H. The molecule has 94 valence electrons. The van der Waals surface area contributed by atoms with Crippen LogP contribution in [0.1, 0.15) is 0 Å². The molecule has 0 radical (unpaired) electrons. The highest BCUT2D eigenvalue weighted by Gasteiger charge is 2.11. The minimum Gasteiger partial charge on any atom is -0.422 e. The number of fused-ring (bicyclic) bond motifs is 1. The molecule has 2 aromatic carbocycles. The molecule has 0 amide bonds. The summed E-state index contributed by atoms with van der Waals surface area (Å²) in [6.07, 6.45) is 0. The summed E-state index contributed by atoms with van der Waals surface area (Å²) in [5.41, 5.74) is 2.00. The van der Waals surface area contributed by atoms with Crippen LogP contribution in [0, 0.1) is 3.57 Å². The molecule has 0 saturated carbocycles. The zero-order chi connectivity index (χ0) is 13.2. The molecule has 3 nitrogen and oxygen atoms in total. The van der Waals surface area contributed by atoms with Gasteiger partial charge in [0, 0.05) is 11.1 Å². The Morgan fingerprint density at radius 1 is 0.947 bits per heavy atom. The first-order valence-electron chi connectivity index (χ1n) is 5.79. The smallest absolute Gasteiger partial charge is 0.351 e. The van der Waals surface area contributed by atoms with E-state index in [9.17, 15) is 4.79 Å². The van der Waals surface area contributed by atoms with Crippen LogP contribution in [0.25, 0.3) is 11.0 Å². The fourth-order valence-electron chi connectivity index (χ4n) is 1.92. The maximum Gasteiger partial charge on any atom is 0.351 e. The SMILES string of the molecule is O=c1oc2ccccc2c(Nc2ccccc2)c1I. The molecule has 3 aromatic rings. The van der Waals surface area contributed by atoms with Gasteiger partial charge in [-0.05, 0) is 46.9 Å². The Balaban J connectivity index is 2.22. The van der Waals surface area contributed by atoms with Crippen LogP contribution in [-0.2, 0) is 0 Å². The highest BCUT2D eigenvalue weighted by molar-refractivity contribution is 14.1. The lowest BCUT2D eigenvalue weighted by Crippen LogP contribution is -2.07. The van der Waals surface area contributed by atoms with Gasteiger partial charge in [0.1, 0.15) is 9.15 Å². The fourth-order valence-corrected chi connectivity index (χ4v) is 2.45. The van der Waals surface area contributed by atoms with Crippen molar-refractivity contribution in [2.24, 2.45) is 0 Å². The van der Waals surface area contributed by atoms with Crippen molar-refractivity contribution in [2.45, 2.75) is 0 Å². The average Bonchev–Trinajstić information content (AvgIpc) is 2.45. The van der Waals surface area contributed by atoms with E-state index in [0.717, 1.165) is 16.8 Å². The molecule has 19 heavy (non-hydrogen) atoms. The molecule has 0 aliphatic carbocycles. The Kier molecular flexibility index (Phi) is 3.25. The first-order chi connectivity index (χ1) is 9.25. The van der Waals surface area contributed by atoms with Crippen molar-refractivity contribution >= 4 is 44.9 Å². The lowest BCUT2D eigenvalue weighted by atomic mass is 10.2. The number of hydrogen-bond donors (Lipinski definition) is 1. The quantitative estimate of drug-likeness (QED) is 0.550. The molecule has 0 atom stereocenters. The zero-order valence-electron chi connectivity index (χ0n) is 9.89. The van der Waals surface area contributed by atoms with Gasteiger partial charge in [-0.1, -0.05) is 30.3 Å². The van der Waals surface area contributed by atoms with Crippen molar-refractivity contribution in [1.29, 1.82) is 0 Å². The third-order valence-corrected chi connectivity index (χ3v) is 3.78. The molecule has 0 aliphatic heterocycles. The van der Waals surface area contributed by atoms with Crippen LogP contribution in [-0.4, -0.2) is 0 Å². The topological polar surface area (TPSA) is 42.2 Å². The second-order valence-corrected chi connectivity index (χ2v) is 5.14. The first-order valence-corrected chi connectivity index (χ1v) is 6.87. The van der Waals surface area contributed by atoms with Gasteiger partial charge >= 0.3 is 5.63 Å². The summed E-state index contributed by atoms with van der Waals surface area (Å²) in [6.45, 7) is 0. The highest BCUT2D eigenvalue weighted by atomic mass is 127. The predicted octanol–water partition coefficient (Wildman–Crippen LogP) is 4.14. The van der Waals surface area contributed by atoms with Crippen LogP contribution in [0.15, 0.2) is 63.8 Å².